The van der Waals surface area contributed by atoms with Crippen molar-refractivity contribution in [2.24, 2.45) is 0 Å². The van der Waals surface area contributed by atoms with Crippen molar-refractivity contribution in [1.82, 2.24) is 9.88 Å². The number of benzene rings is 2. The number of thiazole rings is 1. The highest BCUT2D eigenvalue weighted by atomic mass is 32.1. The molecule has 186 valence electrons. The van der Waals surface area contributed by atoms with Crippen LogP contribution in [0.4, 0.5) is 10.8 Å². The van der Waals surface area contributed by atoms with Crippen molar-refractivity contribution in [3.63, 3.8) is 0 Å². The van der Waals surface area contributed by atoms with Crippen LogP contribution in [-0.4, -0.2) is 61.8 Å². The van der Waals surface area contributed by atoms with Crippen LogP contribution in [-0.2, 0) is 11.2 Å². The van der Waals surface area contributed by atoms with Gasteiger partial charge in [-0.3, -0.25) is 14.9 Å². The van der Waals surface area contributed by atoms with E-state index in [2.05, 4.69) is 21.3 Å². The molecule has 2 aliphatic heterocycles. The number of piperazine rings is 1. The summed E-state index contributed by atoms with van der Waals surface area (Å²) in [6.07, 6.45) is 1.56. The van der Waals surface area contributed by atoms with Crippen LogP contribution < -0.4 is 24.4 Å². The molecular weight excluding hydrogens is 480 g/mol. The van der Waals surface area contributed by atoms with E-state index in [0.717, 1.165) is 47.9 Å². The van der Waals surface area contributed by atoms with Crippen molar-refractivity contribution in [2.75, 3.05) is 50.3 Å². The summed E-state index contributed by atoms with van der Waals surface area (Å²) < 4.78 is 16.0. The van der Waals surface area contributed by atoms with E-state index in [4.69, 9.17) is 14.2 Å². The molecule has 36 heavy (non-hydrogen) atoms. The van der Waals surface area contributed by atoms with Crippen molar-refractivity contribution in [2.45, 2.75) is 18.8 Å². The van der Waals surface area contributed by atoms with Crippen molar-refractivity contribution >= 4 is 34.0 Å². The predicted octanol–water partition coefficient (Wildman–Crippen LogP) is 3.51. The zero-order valence-electron chi connectivity index (χ0n) is 19.9. The highest BCUT2D eigenvalue weighted by Gasteiger charge is 2.36. The highest BCUT2D eigenvalue weighted by molar-refractivity contribution is 7.16. The van der Waals surface area contributed by atoms with E-state index in [-0.39, 0.29) is 24.5 Å². The minimum Gasteiger partial charge on any atom is -0.497 e. The number of carbonyl (C=O) groups excluding carboxylic acids is 2. The number of methoxy groups -OCH3 is 1. The Morgan fingerprint density at radius 1 is 1.08 bits per heavy atom. The summed E-state index contributed by atoms with van der Waals surface area (Å²) in [5, 5.41) is 3.40. The number of nitrogens with one attached hydrogen (secondary N) is 1. The monoisotopic (exact) mass is 506 g/mol. The second-order valence-electron chi connectivity index (χ2n) is 8.95. The molecule has 1 unspecified atom stereocenters. The minimum absolute atomic E-state index is 0.123. The third kappa shape index (κ3) is 4.21. The number of aromatic nitrogens is 1. The molecule has 1 atom stereocenters. The number of hydrogen-bond acceptors (Lipinski definition) is 8. The first-order valence-electron chi connectivity index (χ1n) is 12.0. The summed E-state index contributed by atoms with van der Waals surface area (Å²) in [5.74, 6) is 1.62. The summed E-state index contributed by atoms with van der Waals surface area (Å²) >= 11 is 1.45. The molecule has 1 saturated heterocycles. The van der Waals surface area contributed by atoms with E-state index in [1.807, 2.05) is 23.1 Å². The van der Waals surface area contributed by atoms with Crippen LogP contribution >= 0.6 is 11.3 Å². The number of nitrogens with zero attached hydrogens (tertiary/aromatic N) is 3. The van der Waals surface area contributed by atoms with E-state index in [1.165, 1.54) is 11.3 Å². The summed E-state index contributed by atoms with van der Waals surface area (Å²) in [5.41, 5.74) is 2.38. The Balaban J connectivity index is 1.09. The predicted molar refractivity (Wildman–Crippen MR) is 135 cm³/mol. The average Bonchev–Trinajstić information content (AvgIpc) is 3.64. The molecule has 9 nitrogen and oxygen atoms in total. The largest absolute Gasteiger partial charge is 0.497 e. The Morgan fingerprint density at radius 3 is 2.75 bits per heavy atom. The summed E-state index contributed by atoms with van der Waals surface area (Å²) in [6, 6.07) is 13.1. The Hall–Kier alpha value is -3.79. The normalized spacial score (nSPS) is 18.2. The zero-order valence-corrected chi connectivity index (χ0v) is 20.7. The summed E-state index contributed by atoms with van der Waals surface area (Å²) in [7, 11) is 1.66. The van der Waals surface area contributed by atoms with Crippen LogP contribution in [0.1, 0.15) is 33.3 Å². The first kappa shape index (κ1) is 22.7. The fourth-order valence-electron chi connectivity index (χ4n) is 4.94. The third-order valence-electron chi connectivity index (χ3n) is 6.88. The molecule has 3 aromatic rings. The zero-order chi connectivity index (χ0) is 24.6. The SMILES string of the molecule is COc1cccc(N2CCN(C(=O)C3CCc4sc(NC(=O)c5ccc6c(c5)OCO6)nc43)CC2)c1. The van der Waals surface area contributed by atoms with Crippen LogP contribution in [0.25, 0.3) is 0 Å². The lowest BCUT2D eigenvalue weighted by atomic mass is 10.1. The van der Waals surface area contributed by atoms with Crippen molar-refractivity contribution < 1.29 is 23.8 Å². The van der Waals surface area contributed by atoms with Crippen molar-refractivity contribution in [3.05, 3.63) is 58.6 Å². The second kappa shape index (κ2) is 9.34. The fourth-order valence-corrected chi connectivity index (χ4v) is 5.97. The van der Waals surface area contributed by atoms with Gasteiger partial charge >= 0.3 is 0 Å². The lowest BCUT2D eigenvalue weighted by molar-refractivity contribution is -0.133. The number of fused-ring (bicyclic) bond motifs is 2. The van der Waals surface area contributed by atoms with Gasteiger partial charge in [0.15, 0.2) is 16.6 Å². The standard InChI is InChI=1S/C26H26N4O5S/c1-33-18-4-2-3-17(14-18)29-9-11-30(12-10-29)25(32)19-6-8-22-23(19)27-26(36-22)28-24(31)16-5-7-20-21(13-16)35-15-34-20/h2-5,7,13-14,19H,6,8-12,15H2,1H3,(H,27,28,31). The minimum atomic E-state index is -0.266. The molecule has 1 fully saturated rings. The van der Waals surface area contributed by atoms with E-state index >= 15 is 0 Å². The number of carbonyl (C=O) groups is 2. The number of aryl methyl sites for hydroxylation is 1. The molecule has 0 spiro atoms. The molecule has 3 aliphatic rings. The van der Waals surface area contributed by atoms with Gasteiger partial charge in [-0.1, -0.05) is 6.07 Å². The number of rotatable bonds is 5. The molecule has 0 saturated carbocycles. The summed E-state index contributed by atoms with van der Waals surface area (Å²) in [6.45, 7) is 3.03. The maximum atomic E-state index is 13.4. The van der Waals surface area contributed by atoms with Gasteiger partial charge in [-0.25, -0.2) is 4.98 Å². The van der Waals surface area contributed by atoms with Gasteiger partial charge in [0.25, 0.3) is 5.91 Å². The van der Waals surface area contributed by atoms with Gasteiger partial charge in [-0.15, -0.1) is 11.3 Å². The Kier molecular flexibility index (Phi) is 5.88. The van der Waals surface area contributed by atoms with Crippen LogP contribution in [0.5, 0.6) is 17.2 Å². The van der Waals surface area contributed by atoms with Gasteiger partial charge in [0.1, 0.15) is 5.75 Å². The first-order chi connectivity index (χ1) is 17.6. The number of hydrogen-bond donors (Lipinski definition) is 1. The highest BCUT2D eigenvalue weighted by Crippen LogP contribution is 2.40. The molecule has 0 bridgehead atoms. The Labute approximate surface area is 212 Å². The molecule has 6 rings (SSSR count). The fraction of sp³-hybridized carbons (Fsp3) is 0.346. The van der Waals surface area contributed by atoms with Gasteiger partial charge in [0.2, 0.25) is 12.7 Å². The molecule has 3 heterocycles. The van der Waals surface area contributed by atoms with Crippen LogP contribution in [0.2, 0.25) is 0 Å². The topological polar surface area (TPSA) is 93.2 Å². The van der Waals surface area contributed by atoms with E-state index in [0.29, 0.717) is 35.3 Å². The number of amides is 2. The van der Waals surface area contributed by atoms with Crippen LogP contribution in [0, 0.1) is 0 Å². The van der Waals surface area contributed by atoms with Gasteiger partial charge < -0.3 is 24.0 Å². The molecular formula is C26H26N4O5S. The molecule has 2 aromatic carbocycles. The molecule has 10 heteroatoms. The maximum absolute atomic E-state index is 13.4. The van der Waals surface area contributed by atoms with E-state index in [1.54, 1.807) is 25.3 Å². The third-order valence-corrected chi connectivity index (χ3v) is 7.93. The van der Waals surface area contributed by atoms with E-state index < -0.39 is 0 Å². The lowest BCUT2D eigenvalue weighted by Crippen LogP contribution is -2.50. The second-order valence-corrected chi connectivity index (χ2v) is 10.0. The molecule has 2 amide bonds. The van der Waals surface area contributed by atoms with Gasteiger partial charge in [-0.05, 0) is 43.2 Å². The van der Waals surface area contributed by atoms with Gasteiger partial charge in [0.05, 0.1) is 18.7 Å². The summed E-state index contributed by atoms with van der Waals surface area (Å²) in [4.78, 5) is 36.1. The lowest BCUT2D eigenvalue weighted by Gasteiger charge is -2.37. The molecule has 0 radical (unpaired) electrons. The molecule has 1 aliphatic carbocycles. The maximum Gasteiger partial charge on any atom is 0.257 e. The Bertz CT molecular complexity index is 1320. The number of ether oxygens (including phenoxy) is 3. The van der Waals surface area contributed by atoms with Crippen molar-refractivity contribution in [3.8, 4) is 17.2 Å². The Morgan fingerprint density at radius 2 is 1.92 bits per heavy atom. The van der Waals surface area contributed by atoms with Crippen LogP contribution in [0.3, 0.4) is 0 Å². The van der Waals surface area contributed by atoms with Gasteiger partial charge in [0, 0.05) is 48.4 Å². The molecule has 1 N–H and O–H groups in total. The quantitative estimate of drug-likeness (QED) is 0.566. The van der Waals surface area contributed by atoms with Crippen LogP contribution in [0.15, 0.2) is 42.5 Å². The first-order valence-corrected chi connectivity index (χ1v) is 12.8. The van der Waals surface area contributed by atoms with E-state index in [9.17, 15) is 9.59 Å². The molecule has 1 aromatic heterocycles. The van der Waals surface area contributed by atoms with Gasteiger partial charge in [-0.2, -0.15) is 0 Å². The number of anilines is 2. The van der Waals surface area contributed by atoms with Crippen molar-refractivity contribution in [1.29, 1.82) is 0 Å². The smallest absolute Gasteiger partial charge is 0.257 e. The average molecular weight is 507 g/mol.